The van der Waals surface area contributed by atoms with E-state index in [4.69, 9.17) is 23.2 Å². The van der Waals surface area contributed by atoms with Crippen molar-refractivity contribution in [3.63, 3.8) is 0 Å². The van der Waals surface area contributed by atoms with Gasteiger partial charge in [0, 0.05) is 21.7 Å². The van der Waals surface area contributed by atoms with Gasteiger partial charge in [-0.1, -0.05) is 36.2 Å². The molecule has 0 aliphatic carbocycles. The highest BCUT2D eigenvalue weighted by Gasteiger charge is 2.11. The second kappa shape index (κ2) is 5.59. The highest BCUT2D eigenvalue weighted by atomic mass is 35.5. The first-order valence-corrected chi connectivity index (χ1v) is 5.59. The second-order valence-electron chi connectivity index (χ2n) is 3.31. The lowest BCUT2D eigenvalue weighted by Crippen LogP contribution is -2.19. The van der Waals surface area contributed by atoms with Crippen molar-refractivity contribution in [1.29, 1.82) is 0 Å². The molecule has 0 heterocycles. The zero-order valence-electron chi connectivity index (χ0n) is 8.48. The van der Waals surface area contributed by atoms with E-state index < -0.39 is 0 Å². The molecule has 0 radical (unpaired) electrons. The van der Waals surface area contributed by atoms with E-state index >= 15 is 0 Å². The fourth-order valence-electron chi connectivity index (χ4n) is 1.39. The Morgan fingerprint density at radius 1 is 1.29 bits per heavy atom. The molecule has 0 aliphatic heterocycles. The Labute approximate surface area is 95.4 Å². The molecule has 0 fully saturated rings. The molecule has 1 rings (SSSR count). The molecule has 78 valence electrons. The quantitative estimate of drug-likeness (QED) is 0.825. The largest absolute Gasteiger partial charge is 0.310 e. The van der Waals surface area contributed by atoms with Gasteiger partial charge in [-0.3, -0.25) is 0 Å². The first-order valence-electron chi connectivity index (χ1n) is 4.84. The van der Waals surface area contributed by atoms with Crippen molar-refractivity contribution in [2.24, 2.45) is 0 Å². The molecule has 0 saturated heterocycles. The lowest BCUT2D eigenvalue weighted by Gasteiger charge is -2.16. The van der Waals surface area contributed by atoms with Gasteiger partial charge in [-0.25, -0.2) is 0 Å². The maximum Gasteiger partial charge on any atom is 0.0468 e. The summed E-state index contributed by atoms with van der Waals surface area (Å²) >= 11 is 12.2. The minimum absolute atomic E-state index is 0.205. The van der Waals surface area contributed by atoms with Crippen molar-refractivity contribution in [3.8, 4) is 0 Å². The summed E-state index contributed by atoms with van der Waals surface area (Å²) in [7, 11) is 0. The SMILES string of the molecule is CCCNC(C)c1c(Cl)cccc1Cl. The molecule has 0 saturated carbocycles. The third-order valence-corrected chi connectivity index (χ3v) is 2.79. The van der Waals surface area contributed by atoms with Gasteiger partial charge < -0.3 is 5.32 Å². The maximum atomic E-state index is 6.08. The molecule has 1 unspecified atom stereocenters. The standard InChI is InChI=1S/C11H15Cl2N/c1-3-7-14-8(2)11-9(12)5-4-6-10(11)13/h4-6,8,14H,3,7H2,1-2H3. The van der Waals surface area contributed by atoms with E-state index in [0.717, 1.165) is 28.6 Å². The van der Waals surface area contributed by atoms with E-state index in [9.17, 15) is 0 Å². The van der Waals surface area contributed by atoms with Crippen molar-refractivity contribution in [2.75, 3.05) is 6.54 Å². The van der Waals surface area contributed by atoms with E-state index in [1.807, 2.05) is 18.2 Å². The molecule has 0 bridgehead atoms. The minimum atomic E-state index is 0.205. The Balaban J connectivity index is 2.82. The third kappa shape index (κ3) is 2.88. The third-order valence-electron chi connectivity index (χ3n) is 2.13. The summed E-state index contributed by atoms with van der Waals surface area (Å²) in [4.78, 5) is 0. The van der Waals surface area contributed by atoms with Crippen LogP contribution in [0.3, 0.4) is 0 Å². The van der Waals surface area contributed by atoms with E-state index in [2.05, 4.69) is 19.2 Å². The first-order chi connectivity index (χ1) is 6.66. The van der Waals surface area contributed by atoms with Crippen molar-refractivity contribution >= 4 is 23.2 Å². The Morgan fingerprint density at radius 3 is 2.36 bits per heavy atom. The number of nitrogens with one attached hydrogen (secondary N) is 1. The summed E-state index contributed by atoms with van der Waals surface area (Å²) in [5, 5.41) is 4.82. The van der Waals surface area contributed by atoms with Crippen molar-refractivity contribution in [3.05, 3.63) is 33.8 Å². The second-order valence-corrected chi connectivity index (χ2v) is 4.13. The fourth-order valence-corrected chi connectivity index (χ4v) is 2.11. The van der Waals surface area contributed by atoms with Gasteiger partial charge in [0.2, 0.25) is 0 Å². The highest BCUT2D eigenvalue weighted by Crippen LogP contribution is 2.29. The van der Waals surface area contributed by atoms with Crippen LogP contribution in [-0.2, 0) is 0 Å². The van der Waals surface area contributed by atoms with Crippen molar-refractivity contribution < 1.29 is 0 Å². The summed E-state index contributed by atoms with van der Waals surface area (Å²) in [5.74, 6) is 0. The topological polar surface area (TPSA) is 12.0 Å². The maximum absolute atomic E-state index is 6.08. The fraction of sp³-hybridized carbons (Fsp3) is 0.455. The van der Waals surface area contributed by atoms with Crippen LogP contribution in [0.25, 0.3) is 0 Å². The summed E-state index contributed by atoms with van der Waals surface area (Å²) in [5.41, 5.74) is 0.990. The molecule has 0 amide bonds. The van der Waals surface area contributed by atoms with E-state index in [1.165, 1.54) is 0 Å². The van der Waals surface area contributed by atoms with Gasteiger partial charge >= 0.3 is 0 Å². The summed E-state index contributed by atoms with van der Waals surface area (Å²) < 4.78 is 0. The molecule has 1 atom stereocenters. The van der Waals surface area contributed by atoms with Gasteiger partial charge in [0.15, 0.2) is 0 Å². The Kier molecular flexibility index (Phi) is 4.73. The molecule has 3 heteroatoms. The van der Waals surface area contributed by atoms with Crippen LogP contribution in [0.2, 0.25) is 10.0 Å². The molecule has 1 N–H and O–H groups in total. The van der Waals surface area contributed by atoms with Gasteiger partial charge in [0.25, 0.3) is 0 Å². The number of hydrogen-bond donors (Lipinski definition) is 1. The van der Waals surface area contributed by atoms with Crippen molar-refractivity contribution in [2.45, 2.75) is 26.3 Å². The number of rotatable bonds is 4. The number of hydrogen-bond acceptors (Lipinski definition) is 1. The van der Waals surface area contributed by atoms with Crippen LogP contribution >= 0.6 is 23.2 Å². The van der Waals surface area contributed by atoms with E-state index in [-0.39, 0.29) is 6.04 Å². The Bertz CT molecular complexity index is 279. The number of halogens is 2. The van der Waals surface area contributed by atoms with Gasteiger partial charge in [-0.05, 0) is 32.0 Å². The normalized spacial score (nSPS) is 12.9. The molecule has 0 aromatic heterocycles. The Morgan fingerprint density at radius 2 is 1.86 bits per heavy atom. The van der Waals surface area contributed by atoms with Crippen LogP contribution < -0.4 is 5.32 Å². The molecule has 14 heavy (non-hydrogen) atoms. The molecule has 0 aliphatic rings. The predicted octanol–water partition coefficient (Wildman–Crippen LogP) is 4.05. The Hall–Kier alpha value is -0.240. The molecule has 1 aromatic rings. The van der Waals surface area contributed by atoms with Crippen molar-refractivity contribution in [1.82, 2.24) is 5.32 Å². The summed E-state index contributed by atoms with van der Waals surface area (Å²) in [6, 6.07) is 5.80. The van der Waals surface area contributed by atoms with Crippen LogP contribution in [0.5, 0.6) is 0 Å². The monoisotopic (exact) mass is 231 g/mol. The summed E-state index contributed by atoms with van der Waals surface area (Å²) in [6.45, 7) is 5.18. The van der Waals surface area contributed by atoms with E-state index in [1.54, 1.807) is 0 Å². The molecular weight excluding hydrogens is 217 g/mol. The lowest BCUT2D eigenvalue weighted by atomic mass is 10.1. The highest BCUT2D eigenvalue weighted by molar-refractivity contribution is 6.36. The van der Waals surface area contributed by atoms with Crippen LogP contribution in [0.4, 0.5) is 0 Å². The molecule has 1 nitrogen and oxygen atoms in total. The van der Waals surface area contributed by atoms with Crippen LogP contribution in [-0.4, -0.2) is 6.54 Å². The molecular formula is C11H15Cl2N. The van der Waals surface area contributed by atoms with Gasteiger partial charge in [0.1, 0.15) is 0 Å². The summed E-state index contributed by atoms with van der Waals surface area (Å²) in [6.07, 6.45) is 1.10. The minimum Gasteiger partial charge on any atom is -0.310 e. The van der Waals surface area contributed by atoms with E-state index in [0.29, 0.717) is 0 Å². The molecule has 0 spiro atoms. The van der Waals surface area contributed by atoms with Gasteiger partial charge in [0.05, 0.1) is 0 Å². The van der Waals surface area contributed by atoms with Gasteiger partial charge in [-0.15, -0.1) is 0 Å². The average Bonchev–Trinajstić information content (AvgIpc) is 2.14. The first kappa shape index (κ1) is 11.8. The van der Waals surface area contributed by atoms with Crippen LogP contribution in [0, 0.1) is 0 Å². The number of benzene rings is 1. The molecule has 1 aromatic carbocycles. The van der Waals surface area contributed by atoms with Gasteiger partial charge in [-0.2, -0.15) is 0 Å². The van der Waals surface area contributed by atoms with Crippen LogP contribution in [0.15, 0.2) is 18.2 Å². The lowest BCUT2D eigenvalue weighted by molar-refractivity contribution is 0.571. The van der Waals surface area contributed by atoms with Crippen LogP contribution in [0.1, 0.15) is 31.9 Å². The smallest absolute Gasteiger partial charge is 0.0468 e. The zero-order valence-corrected chi connectivity index (χ0v) is 9.99. The average molecular weight is 232 g/mol. The predicted molar refractivity (Wildman–Crippen MR) is 63.2 cm³/mol. The zero-order chi connectivity index (χ0) is 10.6.